The van der Waals surface area contributed by atoms with Crippen molar-refractivity contribution >= 4 is 5.91 Å². The molecular weight excluding hydrogens is 190 g/mol. The molecule has 86 valence electrons. The van der Waals surface area contributed by atoms with E-state index < -0.39 is 0 Å². The van der Waals surface area contributed by atoms with E-state index in [0.717, 1.165) is 25.7 Å². The van der Waals surface area contributed by atoms with Gasteiger partial charge in [0.05, 0.1) is 6.10 Å². The van der Waals surface area contributed by atoms with Gasteiger partial charge in [0.1, 0.15) is 0 Å². The molecule has 0 aromatic heterocycles. The smallest absolute Gasteiger partial charge is 0.223 e. The van der Waals surface area contributed by atoms with Crippen molar-refractivity contribution in [1.82, 2.24) is 5.32 Å². The Labute approximate surface area is 91.2 Å². The fraction of sp³-hybridized carbons (Fsp3) is 0.917. The molecule has 3 nitrogen and oxygen atoms in total. The fourth-order valence-corrected chi connectivity index (χ4v) is 2.38. The molecule has 0 aliphatic heterocycles. The Balaban J connectivity index is 1.66. The van der Waals surface area contributed by atoms with Gasteiger partial charge in [-0.15, -0.1) is 0 Å². The van der Waals surface area contributed by atoms with Crippen LogP contribution in [-0.2, 0) is 4.79 Å². The number of carbonyl (C=O) groups is 1. The minimum atomic E-state index is -0.326. The van der Waals surface area contributed by atoms with Gasteiger partial charge < -0.3 is 10.4 Å². The second-order valence-corrected chi connectivity index (χ2v) is 4.98. The summed E-state index contributed by atoms with van der Waals surface area (Å²) in [6.45, 7) is 0.458. The number of aliphatic hydroxyl groups excluding tert-OH is 1. The van der Waals surface area contributed by atoms with Gasteiger partial charge in [-0.3, -0.25) is 4.79 Å². The zero-order valence-corrected chi connectivity index (χ0v) is 9.24. The molecule has 1 amide bonds. The first-order valence-electron chi connectivity index (χ1n) is 6.23. The standard InChI is InChI=1S/C12H21NO2/c14-11(9-4-2-1-3-5-9)8-13-12(15)10-6-7-10/h9-11,14H,1-8H2,(H,13,15). The van der Waals surface area contributed by atoms with Crippen LogP contribution in [0.5, 0.6) is 0 Å². The maximum Gasteiger partial charge on any atom is 0.223 e. The first kappa shape index (κ1) is 10.9. The van der Waals surface area contributed by atoms with E-state index in [1.807, 2.05) is 0 Å². The predicted octanol–water partition coefficient (Wildman–Crippen LogP) is 1.45. The van der Waals surface area contributed by atoms with Crippen LogP contribution in [-0.4, -0.2) is 23.7 Å². The second kappa shape index (κ2) is 4.97. The number of hydrogen-bond acceptors (Lipinski definition) is 2. The van der Waals surface area contributed by atoms with Gasteiger partial charge in [0, 0.05) is 12.5 Å². The van der Waals surface area contributed by atoms with E-state index in [9.17, 15) is 9.90 Å². The highest BCUT2D eigenvalue weighted by Gasteiger charge is 2.30. The minimum absolute atomic E-state index is 0.143. The van der Waals surface area contributed by atoms with Gasteiger partial charge in [-0.2, -0.15) is 0 Å². The average molecular weight is 211 g/mol. The zero-order valence-electron chi connectivity index (χ0n) is 9.24. The summed E-state index contributed by atoms with van der Waals surface area (Å²) in [4.78, 5) is 11.4. The fourth-order valence-electron chi connectivity index (χ4n) is 2.38. The monoisotopic (exact) mass is 211 g/mol. The van der Waals surface area contributed by atoms with Crippen molar-refractivity contribution in [1.29, 1.82) is 0 Å². The van der Waals surface area contributed by atoms with E-state index in [1.54, 1.807) is 0 Å². The maximum atomic E-state index is 11.4. The first-order chi connectivity index (χ1) is 7.27. The van der Waals surface area contributed by atoms with E-state index in [0.29, 0.717) is 12.5 Å². The number of nitrogens with one attached hydrogen (secondary N) is 1. The lowest BCUT2D eigenvalue weighted by atomic mass is 9.85. The van der Waals surface area contributed by atoms with Gasteiger partial charge in [-0.1, -0.05) is 19.3 Å². The quantitative estimate of drug-likeness (QED) is 0.739. The molecular formula is C12H21NO2. The number of aliphatic hydroxyl groups is 1. The Morgan fingerprint density at radius 2 is 1.87 bits per heavy atom. The van der Waals surface area contributed by atoms with Gasteiger partial charge in [0.15, 0.2) is 0 Å². The minimum Gasteiger partial charge on any atom is -0.391 e. The van der Waals surface area contributed by atoms with Gasteiger partial charge in [-0.25, -0.2) is 0 Å². The zero-order chi connectivity index (χ0) is 10.7. The summed E-state index contributed by atoms with van der Waals surface area (Å²) in [6, 6.07) is 0. The van der Waals surface area contributed by atoms with E-state index in [1.165, 1.54) is 19.3 Å². The number of amides is 1. The van der Waals surface area contributed by atoms with Crippen molar-refractivity contribution in [3.8, 4) is 0 Å². The lowest BCUT2D eigenvalue weighted by Crippen LogP contribution is -2.37. The largest absolute Gasteiger partial charge is 0.391 e. The van der Waals surface area contributed by atoms with E-state index in [4.69, 9.17) is 0 Å². The van der Waals surface area contributed by atoms with Crippen LogP contribution in [0, 0.1) is 11.8 Å². The summed E-state index contributed by atoms with van der Waals surface area (Å²) in [5.41, 5.74) is 0. The van der Waals surface area contributed by atoms with Gasteiger partial charge in [0.2, 0.25) is 5.91 Å². The summed E-state index contributed by atoms with van der Waals surface area (Å²) in [7, 11) is 0. The molecule has 0 bridgehead atoms. The molecule has 2 rings (SSSR count). The molecule has 2 fully saturated rings. The highest BCUT2D eigenvalue weighted by Crippen LogP contribution is 2.29. The molecule has 2 N–H and O–H groups in total. The molecule has 0 spiro atoms. The molecule has 0 heterocycles. The molecule has 15 heavy (non-hydrogen) atoms. The van der Waals surface area contributed by atoms with Gasteiger partial charge in [0.25, 0.3) is 0 Å². The molecule has 0 saturated heterocycles. The molecule has 2 saturated carbocycles. The van der Waals surface area contributed by atoms with Crippen molar-refractivity contribution in [2.24, 2.45) is 11.8 Å². The second-order valence-electron chi connectivity index (χ2n) is 4.98. The molecule has 2 aliphatic rings. The highest BCUT2D eigenvalue weighted by atomic mass is 16.3. The van der Waals surface area contributed by atoms with Crippen molar-refractivity contribution in [2.45, 2.75) is 51.0 Å². The Hall–Kier alpha value is -0.570. The number of hydrogen-bond donors (Lipinski definition) is 2. The molecule has 0 aromatic rings. The predicted molar refractivity (Wildman–Crippen MR) is 58.3 cm³/mol. The van der Waals surface area contributed by atoms with Crippen LogP contribution in [0.4, 0.5) is 0 Å². The van der Waals surface area contributed by atoms with Crippen LogP contribution < -0.4 is 5.32 Å². The van der Waals surface area contributed by atoms with Crippen LogP contribution in [0.15, 0.2) is 0 Å². The van der Waals surface area contributed by atoms with Crippen molar-refractivity contribution in [2.75, 3.05) is 6.54 Å². The SMILES string of the molecule is O=C(NCC(O)C1CCCCC1)C1CC1. The van der Waals surface area contributed by atoms with Crippen LogP contribution in [0.3, 0.4) is 0 Å². The Kier molecular flexibility index (Phi) is 3.62. The number of carbonyl (C=O) groups excluding carboxylic acids is 1. The summed E-state index contributed by atoms with van der Waals surface area (Å²) in [5.74, 6) is 0.812. The van der Waals surface area contributed by atoms with E-state index >= 15 is 0 Å². The van der Waals surface area contributed by atoms with E-state index in [-0.39, 0.29) is 17.9 Å². The van der Waals surface area contributed by atoms with Crippen LogP contribution in [0.25, 0.3) is 0 Å². The first-order valence-corrected chi connectivity index (χ1v) is 6.23. The summed E-state index contributed by atoms with van der Waals surface area (Å²) < 4.78 is 0. The lowest BCUT2D eigenvalue weighted by Gasteiger charge is -2.26. The highest BCUT2D eigenvalue weighted by molar-refractivity contribution is 5.80. The van der Waals surface area contributed by atoms with Crippen molar-refractivity contribution in [3.63, 3.8) is 0 Å². The molecule has 3 heteroatoms. The summed E-state index contributed by atoms with van der Waals surface area (Å²) >= 11 is 0. The third-order valence-electron chi connectivity index (χ3n) is 3.63. The van der Waals surface area contributed by atoms with Crippen LogP contribution >= 0.6 is 0 Å². The Morgan fingerprint density at radius 1 is 1.20 bits per heavy atom. The lowest BCUT2D eigenvalue weighted by molar-refractivity contribution is -0.123. The molecule has 0 radical (unpaired) electrons. The molecule has 0 aromatic carbocycles. The van der Waals surface area contributed by atoms with Gasteiger partial charge in [-0.05, 0) is 31.6 Å². The Morgan fingerprint density at radius 3 is 2.47 bits per heavy atom. The van der Waals surface area contributed by atoms with Crippen molar-refractivity contribution < 1.29 is 9.90 Å². The molecule has 2 aliphatic carbocycles. The van der Waals surface area contributed by atoms with Crippen LogP contribution in [0.1, 0.15) is 44.9 Å². The van der Waals surface area contributed by atoms with Crippen LogP contribution in [0.2, 0.25) is 0 Å². The third-order valence-corrected chi connectivity index (χ3v) is 3.63. The average Bonchev–Trinajstić information content (AvgIpc) is 3.10. The number of rotatable bonds is 4. The Bertz CT molecular complexity index is 220. The summed E-state index contributed by atoms with van der Waals surface area (Å²) in [6.07, 6.45) is 7.76. The topological polar surface area (TPSA) is 49.3 Å². The molecule has 1 atom stereocenters. The third kappa shape index (κ3) is 3.20. The maximum absolute atomic E-state index is 11.4. The summed E-state index contributed by atoms with van der Waals surface area (Å²) in [5, 5.41) is 12.8. The van der Waals surface area contributed by atoms with Gasteiger partial charge >= 0.3 is 0 Å². The normalized spacial score (nSPS) is 24.9. The van der Waals surface area contributed by atoms with Crippen molar-refractivity contribution in [3.05, 3.63) is 0 Å². The molecule has 1 unspecified atom stereocenters. The van der Waals surface area contributed by atoms with E-state index in [2.05, 4.69) is 5.32 Å².